The number of ether oxygens (including phenoxy) is 1. The molecule has 0 atom stereocenters. The summed E-state index contributed by atoms with van der Waals surface area (Å²) in [5.41, 5.74) is 2.26. The molecule has 2 aromatic heterocycles. The number of aromatic amines is 1. The highest BCUT2D eigenvalue weighted by Gasteiger charge is 2.03. The van der Waals surface area contributed by atoms with E-state index in [0.29, 0.717) is 18.7 Å². The topological polar surface area (TPSA) is 59.4 Å². The van der Waals surface area contributed by atoms with Gasteiger partial charge in [-0.1, -0.05) is 0 Å². The zero-order valence-corrected chi connectivity index (χ0v) is 8.78. The molecule has 0 amide bonds. The van der Waals surface area contributed by atoms with E-state index in [-0.39, 0.29) is 5.56 Å². The van der Waals surface area contributed by atoms with E-state index in [1.165, 1.54) is 10.6 Å². The standard InChI is InChI=1S/C10H13N3O2/c1-7-5-9-11-8(3-4-15-2)6-10(14)13(9)12-7/h5-6,12H,3-4H2,1-2H3. The number of rotatable bonds is 3. The van der Waals surface area contributed by atoms with Crippen molar-refractivity contribution < 1.29 is 4.74 Å². The number of nitrogens with one attached hydrogen (secondary N) is 1. The van der Waals surface area contributed by atoms with Gasteiger partial charge in [0, 0.05) is 31.4 Å². The summed E-state index contributed by atoms with van der Waals surface area (Å²) >= 11 is 0. The van der Waals surface area contributed by atoms with E-state index in [2.05, 4.69) is 10.1 Å². The second kappa shape index (κ2) is 3.86. The molecule has 1 N–H and O–H groups in total. The molecule has 5 heteroatoms. The van der Waals surface area contributed by atoms with Crippen molar-refractivity contribution in [1.82, 2.24) is 14.6 Å². The number of methoxy groups -OCH3 is 1. The molecule has 0 bridgehead atoms. The average Bonchev–Trinajstić information content (AvgIpc) is 2.56. The van der Waals surface area contributed by atoms with Crippen molar-refractivity contribution in [1.29, 1.82) is 0 Å². The molecule has 0 aliphatic heterocycles. The van der Waals surface area contributed by atoms with Crippen LogP contribution in [0.2, 0.25) is 0 Å². The van der Waals surface area contributed by atoms with Crippen LogP contribution in [0.1, 0.15) is 11.4 Å². The van der Waals surface area contributed by atoms with Crippen molar-refractivity contribution >= 4 is 5.65 Å². The van der Waals surface area contributed by atoms with Crippen LogP contribution in [0.5, 0.6) is 0 Å². The van der Waals surface area contributed by atoms with Gasteiger partial charge in [-0.25, -0.2) is 9.50 Å². The molecule has 0 unspecified atom stereocenters. The number of hydrogen-bond donors (Lipinski definition) is 1. The minimum absolute atomic E-state index is 0.0841. The summed E-state index contributed by atoms with van der Waals surface area (Å²) < 4.78 is 6.38. The molecule has 2 aromatic rings. The summed E-state index contributed by atoms with van der Waals surface area (Å²) in [4.78, 5) is 16.0. The summed E-state index contributed by atoms with van der Waals surface area (Å²) in [5, 5.41) is 2.92. The van der Waals surface area contributed by atoms with Gasteiger partial charge in [0.05, 0.1) is 12.3 Å². The third kappa shape index (κ3) is 1.92. The van der Waals surface area contributed by atoms with E-state index < -0.39 is 0 Å². The molecular weight excluding hydrogens is 194 g/mol. The monoisotopic (exact) mass is 207 g/mol. The van der Waals surface area contributed by atoms with Crippen LogP contribution in [0.15, 0.2) is 16.9 Å². The maximum absolute atomic E-state index is 11.6. The van der Waals surface area contributed by atoms with Gasteiger partial charge in [-0.05, 0) is 6.92 Å². The third-order valence-corrected chi connectivity index (χ3v) is 2.19. The Morgan fingerprint density at radius 3 is 3.07 bits per heavy atom. The smallest absolute Gasteiger partial charge is 0.272 e. The van der Waals surface area contributed by atoms with E-state index >= 15 is 0 Å². The van der Waals surface area contributed by atoms with Crippen LogP contribution in [0.4, 0.5) is 0 Å². The van der Waals surface area contributed by atoms with Gasteiger partial charge in [0.1, 0.15) is 0 Å². The van der Waals surface area contributed by atoms with Crippen molar-refractivity contribution in [3.8, 4) is 0 Å². The fourth-order valence-electron chi connectivity index (χ4n) is 1.50. The van der Waals surface area contributed by atoms with Crippen LogP contribution in [-0.4, -0.2) is 28.3 Å². The zero-order valence-electron chi connectivity index (χ0n) is 8.78. The van der Waals surface area contributed by atoms with Gasteiger partial charge in [-0.15, -0.1) is 0 Å². The number of aryl methyl sites for hydroxylation is 1. The van der Waals surface area contributed by atoms with E-state index in [0.717, 1.165) is 11.4 Å². The highest BCUT2D eigenvalue weighted by atomic mass is 16.5. The second-order valence-corrected chi connectivity index (χ2v) is 3.46. The molecule has 2 heterocycles. The lowest BCUT2D eigenvalue weighted by Crippen LogP contribution is -2.16. The van der Waals surface area contributed by atoms with Gasteiger partial charge < -0.3 is 4.74 Å². The molecule has 15 heavy (non-hydrogen) atoms. The van der Waals surface area contributed by atoms with Crippen LogP contribution in [0.3, 0.4) is 0 Å². The van der Waals surface area contributed by atoms with Crippen LogP contribution in [0, 0.1) is 6.92 Å². The summed E-state index contributed by atoms with van der Waals surface area (Å²) in [5.74, 6) is 0. The van der Waals surface area contributed by atoms with Gasteiger partial charge in [0.15, 0.2) is 5.65 Å². The first-order chi connectivity index (χ1) is 7.20. The predicted octanol–water partition coefficient (Wildman–Crippen LogP) is 0.520. The van der Waals surface area contributed by atoms with Crippen LogP contribution >= 0.6 is 0 Å². The second-order valence-electron chi connectivity index (χ2n) is 3.46. The Morgan fingerprint density at radius 1 is 1.53 bits per heavy atom. The maximum atomic E-state index is 11.6. The lowest BCUT2D eigenvalue weighted by atomic mass is 10.3. The fourth-order valence-corrected chi connectivity index (χ4v) is 1.50. The Morgan fingerprint density at radius 2 is 2.33 bits per heavy atom. The summed E-state index contributed by atoms with van der Waals surface area (Å²) in [7, 11) is 1.63. The SMILES string of the molecule is COCCc1cc(=O)n2[nH]c(C)cc2n1. The van der Waals surface area contributed by atoms with Crippen molar-refractivity contribution in [3.63, 3.8) is 0 Å². The molecule has 0 aliphatic carbocycles. The highest BCUT2D eigenvalue weighted by Crippen LogP contribution is 2.01. The molecule has 80 valence electrons. The normalized spacial score (nSPS) is 11.1. The first-order valence-corrected chi connectivity index (χ1v) is 4.78. The average molecular weight is 207 g/mol. The molecule has 0 saturated heterocycles. The minimum atomic E-state index is -0.0841. The minimum Gasteiger partial charge on any atom is -0.384 e. The van der Waals surface area contributed by atoms with E-state index in [4.69, 9.17) is 4.74 Å². The van der Waals surface area contributed by atoms with Crippen LogP contribution < -0.4 is 5.56 Å². The summed E-state index contributed by atoms with van der Waals surface area (Å²) in [6, 6.07) is 3.37. The zero-order chi connectivity index (χ0) is 10.8. The molecule has 0 fully saturated rings. The number of aromatic nitrogens is 3. The van der Waals surface area contributed by atoms with Crippen molar-refractivity contribution in [2.24, 2.45) is 0 Å². The van der Waals surface area contributed by atoms with Gasteiger partial charge in [0.25, 0.3) is 5.56 Å². The molecule has 0 saturated carbocycles. The quantitative estimate of drug-likeness (QED) is 0.798. The molecule has 2 rings (SSSR count). The Kier molecular flexibility index (Phi) is 2.55. The number of nitrogens with zero attached hydrogens (tertiary/aromatic N) is 2. The van der Waals surface area contributed by atoms with Gasteiger partial charge in [0.2, 0.25) is 0 Å². The van der Waals surface area contributed by atoms with Gasteiger partial charge in [-0.3, -0.25) is 9.89 Å². The maximum Gasteiger partial charge on any atom is 0.272 e. The fraction of sp³-hybridized carbons (Fsp3) is 0.400. The Labute approximate surface area is 86.7 Å². The highest BCUT2D eigenvalue weighted by molar-refractivity contribution is 5.39. The third-order valence-electron chi connectivity index (χ3n) is 2.19. The van der Waals surface area contributed by atoms with Crippen molar-refractivity contribution in [2.45, 2.75) is 13.3 Å². The first kappa shape index (κ1) is 9.92. The van der Waals surface area contributed by atoms with Crippen molar-refractivity contribution in [3.05, 3.63) is 33.9 Å². The summed E-state index contributed by atoms with van der Waals surface area (Å²) in [6.45, 7) is 2.47. The number of fused-ring (bicyclic) bond motifs is 1. The predicted molar refractivity (Wildman–Crippen MR) is 56.1 cm³/mol. The van der Waals surface area contributed by atoms with E-state index in [1.54, 1.807) is 7.11 Å². The molecule has 0 radical (unpaired) electrons. The molecular formula is C10H13N3O2. The number of hydrogen-bond acceptors (Lipinski definition) is 3. The van der Waals surface area contributed by atoms with Crippen LogP contribution in [0.25, 0.3) is 5.65 Å². The van der Waals surface area contributed by atoms with Crippen molar-refractivity contribution in [2.75, 3.05) is 13.7 Å². The Balaban J connectivity index is 2.47. The summed E-state index contributed by atoms with van der Waals surface area (Å²) in [6.07, 6.45) is 0.659. The van der Waals surface area contributed by atoms with E-state index in [1.807, 2.05) is 13.0 Å². The Hall–Kier alpha value is -1.62. The molecule has 0 aromatic carbocycles. The molecule has 0 spiro atoms. The molecule has 5 nitrogen and oxygen atoms in total. The first-order valence-electron chi connectivity index (χ1n) is 4.78. The molecule has 0 aliphatic rings. The van der Waals surface area contributed by atoms with Gasteiger partial charge in [-0.2, -0.15) is 0 Å². The lowest BCUT2D eigenvalue weighted by Gasteiger charge is -1.99. The van der Waals surface area contributed by atoms with Crippen LogP contribution in [-0.2, 0) is 11.2 Å². The van der Waals surface area contributed by atoms with E-state index in [9.17, 15) is 4.79 Å². The number of H-pyrrole nitrogens is 1. The largest absolute Gasteiger partial charge is 0.384 e. The lowest BCUT2D eigenvalue weighted by molar-refractivity contribution is 0.201. The Bertz CT molecular complexity index is 527. The van der Waals surface area contributed by atoms with Gasteiger partial charge >= 0.3 is 0 Å².